The number of hydrogen-bond donors (Lipinski definition) is 1. The molecule has 5 nitrogen and oxygen atoms in total. The van der Waals surface area contributed by atoms with E-state index in [1.807, 2.05) is 0 Å². The highest BCUT2D eigenvalue weighted by molar-refractivity contribution is 7.89. The summed E-state index contributed by atoms with van der Waals surface area (Å²) in [7, 11) is -3.76. The normalized spacial score (nSPS) is 18.4. The molecule has 29 heavy (non-hydrogen) atoms. The third-order valence-corrected chi connectivity index (χ3v) is 6.90. The molecule has 2 aromatic carbocycles. The molecule has 3 rings (SSSR count). The van der Waals surface area contributed by atoms with Crippen molar-refractivity contribution in [2.24, 2.45) is 5.92 Å². The lowest BCUT2D eigenvalue weighted by Gasteiger charge is -2.31. The summed E-state index contributed by atoms with van der Waals surface area (Å²) in [5, 5.41) is 2.38. The number of nitrogens with one attached hydrogen (secondary N) is 1. The Morgan fingerprint density at radius 2 is 1.83 bits per heavy atom. The first-order chi connectivity index (χ1) is 13.6. The van der Waals surface area contributed by atoms with Crippen LogP contribution in [0.3, 0.4) is 0 Å². The molecule has 0 bridgehead atoms. The minimum Gasteiger partial charge on any atom is -0.324 e. The lowest BCUT2D eigenvalue weighted by atomic mass is 9.98. The second-order valence-corrected chi connectivity index (χ2v) is 9.04. The van der Waals surface area contributed by atoms with Gasteiger partial charge in [-0.05, 0) is 43.2 Å². The number of anilines is 1. The van der Waals surface area contributed by atoms with Crippen molar-refractivity contribution in [3.63, 3.8) is 0 Å². The van der Waals surface area contributed by atoms with Crippen molar-refractivity contribution in [1.29, 1.82) is 0 Å². The van der Waals surface area contributed by atoms with Crippen LogP contribution < -0.4 is 5.32 Å². The van der Waals surface area contributed by atoms with Gasteiger partial charge in [0.05, 0.1) is 27.1 Å². The molecule has 0 radical (unpaired) electrons. The van der Waals surface area contributed by atoms with Crippen LogP contribution in [-0.4, -0.2) is 31.7 Å². The summed E-state index contributed by atoms with van der Waals surface area (Å²) < 4.78 is 65.5. The maximum Gasteiger partial charge on any atom is 0.416 e. The largest absolute Gasteiger partial charge is 0.416 e. The first-order valence-electron chi connectivity index (χ1n) is 8.82. The molecule has 156 valence electrons. The predicted octanol–water partition coefficient (Wildman–Crippen LogP) is 4.40. The number of alkyl halides is 3. The number of hydrogen-bond acceptors (Lipinski definition) is 3. The predicted molar refractivity (Wildman–Crippen MR) is 103 cm³/mol. The van der Waals surface area contributed by atoms with Crippen molar-refractivity contribution in [2.75, 3.05) is 18.4 Å². The van der Waals surface area contributed by atoms with Crippen LogP contribution in [0.1, 0.15) is 18.4 Å². The molecule has 2 aromatic rings. The van der Waals surface area contributed by atoms with Crippen molar-refractivity contribution < 1.29 is 26.4 Å². The van der Waals surface area contributed by atoms with Gasteiger partial charge in [-0.1, -0.05) is 29.8 Å². The molecular weight excluding hydrogens is 429 g/mol. The van der Waals surface area contributed by atoms with E-state index in [0.717, 1.165) is 18.2 Å². The van der Waals surface area contributed by atoms with Gasteiger partial charge in [-0.15, -0.1) is 0 Å². The van der Waals surface area contributed by atoms with E-state index in [-0.39, 0.29) is 28.7 Å². The quantitative estimate of drug-likeness (QED) is 0.757. The average molecular weight is 447 g/mol. The Morgan fingerprint density at radius 1 is 1.14 bits per heavy atom. The molecule has 1 aliphatic rings. The van der Waals surface area contributed by atoms with Crippen molar-refractivity contribution in [3.8, 4) is 0 Å². The molecule has 0 aromatic heterocycles. The molecule has 0 saturated carbocycles. The minimum atomic E-state index is -4.57. The van der Waals surface area contributed by atoms with Crippen LogP contribution >= 0.6 is 11.6 Å². The summed E-state index contributed by atoms with van der Waals surface area (Å²) in [5.41, 5.74) is -1.09. The Hall–Kier alpha value is -2.10. The first-order valence-corrected chi connectivity index (χ1v) is 10.6. The lowest BCUT2D eigenvalue weighted by molar-refractivity contribution is -0.137. The van der Waals surface area contributed by atoms with Gasteiger partial charge in [0.2, 0.25) is 15.9 Å². The summed E-state index contributed by atoms with van der Waals surface area (Å²) in [6.07, 6.45) is -3.70. The molecule has 1 amide bonds. The summed E-state index contributed by atoms with van der Waals surface area (Å²) in [5.74, 6) is -1.27. The number of rotatable bonds is 4. The Bertz CT molecular complexity index is 998. The highest BCUT2D eigenvalue weighted by atomic mass is 35.5. The summed E-state index contributed by atoms with van der Waals surface area (Å²) in [4.78, 5) is 12.7. The van der Waals surface area contributed by atoms with Gasteiger partial charge in [0.25, 0.3) is 0 Å². The van der Waals surface area contributed by atoms with Crippen molar-refractivity contribution >= 4 is 33.2 Å². The fourth-order valence-corrected chi connectivity index (χ4v) is 4.86. The maximum absolute atomic E-state index is 12.9. The maximum atomic E-state index is 12.9. The fraction of sp³-hybridized carbons (Fsp3) is 0.316. The highest BCUT2D eigenvalue weighted by Crippen LogP contribution is 2.34. The van der Waals surface area contributed by atoms with Crippen LogP contribution in [0.2, 0.25) is 5.02 Å². The van der Waals surface area contributed by atoms with Gasteiger partial charge in [-0.25, -0.2) is 8.42 Å². The van der Waals surface area contributed by atoms with Gasteiger partial charge in [0, 0.05) is 13.1 Å². The zero-order valence-electron chi connectivity index (χ0n) is 15.1. The molecule has 1 N–H and O–H groups in total. The van der Waals surface area contributed by atoms with E-state index in [1.54, 1.807) is 18.2 Å². The third kappa shape index (κ3) is 4.91. The third-order valence-electron chi connectivity index (χ3n) is 4.69. The standard InChI is InChI=1S/C19H18ClF3N2O3S/c20-16-9-8-14(19(21,22)23)11-17(16)24-18(26)13-5-4-10-25(12-13)29(27,28)15-6-2-1-3-7-15/h1-3,6-9,11,13H,4-5,10,12H2,(H,24,26)/t13-/m1/s1. The average Bonchev–Trinajstić information content (AvgIpc) is 2.69. The number of piperidine rings is 1. The molecule has 1 aliphatic heterocycles. The van der Waals surface area contributed by atoms with Gasteiger partial charge >= 0.3 is 6.18 Å². The molecule has 10 heteroatoms. The van der Waals surface area contributed by atoms with E-state index in [0.29, 0.717) is 12.8 Å². The van der Waals surface area contributed by atoms with Gasteiger partial charge in [0.1, 0.15) is 0 Å². The molecule has 0 aliphatic carbocycles. The second kappa shape index (κ2) is 8.33. The van der Waals surface area contributed by atoms with Crippen molar-refractivity contribution in [3.05, 3.63) is 59.1 Å². The summed E-state index contributed by atoms with van der Waals surface area (Å²) in [6, 6.07) is 10.5. The van der Waals surface area contributed by atoms with Gasteiger partial charge in [0.15, 0.2) is 0 Å². The lowest BCUT2D eigenvalue weighted by Crippen LogP contribution is -2.43. The number of carbonyl (C=O) groups excluding carboxylic acids is 1. The van der Waals surface area contributed by atoms with E-state index >= 15 is 0 Å². The Morgan fingerprint density at radius 3 is 2.48 bits per heavy atom. The zero-order chi connectivity index (χ0) is 21.2. The summed E-state index contributed by atoms with van der Waals surface area (Å²) in [6.45, 7) is 0.213. The van der Waals surface area contributed by atoms with E-state index in [1.165, 1.54) is 16.4 Å². The Balaban J connectivity index is 1.76. The number of carbonyl (C=O) groups is 1. The van der Waals surface area contributed by atoms with E-state index in [4.69, 9.17) is 11.6 Å². The number of amides is 1. The highest BCUT2D eigenvalue weighted by Gasteiger charge is 2.34. The molecule has 0 unspecified atom stereocenters. The number of benzene rings is 2. The monoisotopic (exact) mass is 446 g/mol. The topological polar surface area (TPSA) is 66.5 Å². The van der Waals surface area contributed by atoms with E-state index < -0.39 is 33.6 Å². The molecule has 1 heterocycles. The van der Waals surface area contributed by atoms with Crippen molar-refractivity contribution in [2.45, 2.75) is 23.9 Å². The molecule has 1 saturated heterocycles. The molecular formula is C19H18ClF3N2O3S. The zero-order valence-corrected chi connectivity index (χ0v) is 16.7. The first kappa shape index (κ1) is 21.6. The number of nitrogens with zero attached hydrogens (tertiary/aromatic N) is 1. The second-order valence-electron chi connectivity index (χ2n) is 6.70. The number of sulfonamides is 1. The van der Waals surface area contributed by atoms with Crippen LogP contribution in [0, 0.1) is 5.92 Å². The van der Waals surface area contributed by atoms with Gasteiger partial charge in [-0.2, -0.15) is 17.5 Å². The van der Waals surface area contributed by atoms with Crippen LogP contribution in [0.25, 0.3) is 0 Å². The van der Waals surface area contributed by atoms with Crippen LogP contribution in [0.5, 0.6) is 0 Å². The van der Waals surface area contributed by atoms with E-state index in [2.05, 4.69) is 5.32 Å². The summed E-state index contributed by atoms with van der Waals surface area (Å²) >= 11 is 5.92. The Kier molecular flexibility index (Phi) is 6.21. The smallest absolute Gasteiger partial charge is 0.324 e. The van der Waals surface area contributed by atoms with Crippen molar-refractivity contribution in [1.82, 2.24) is 4.31 Å². The number of halogens is 4. The van der Waals surface area contributed by atoms with Gasteiger partial charge < -0.3 is 5.32 Å². The van der Waals surface area contributed by atoms with Crippen LogP contribution in [0.15, 0.2) is 53.4 Å². The molecule has 0 spiro atoms. The molecule has 1 atom stereocenters. The van der Waals surface area contributed by atoms with E-state index in [9.17, 15) is 26.4 Å². The minimum absolute atomic E-state index is 0.0316. The SMILES string of the molecule is O=C(Nc1cc(C(F)(F)F)ccc1Cl)[C@@H]1CCCN(S(=O)(=O)c2ccccc2)C1. The van der Waals surface area contributed by atoms with Crippen LogP contribution in [0.4, 0.5) is 18.9 Å². The fourth-order valence-electron chi connectivity index (χ4n) is 3.15. The van der Waals surface area contributed by atoms with Gasteiger partial charge in [-0.3, -0.25) is 4.79 Å². The Labute approximate surface area is 171 Å². The molecule has 1 fully saturated rings. The van der Waals surface area contributed by atoms with Crippen LogP contribution in [-0.2, 0) is 21.0 Å².